The molecule has 122 valence electrons. The predicted molar refractivity (Wildman–Crippen MR) is 92.3 cm³/mol. The summed E-state index contributed by atoms with van der Waals surface area (Å²) in [4.78, 5) is 11.8. The molecule has 0 heterocycles. The summed E-state index contributed by atoms with van der Waals surface area (Å²) in [5.41, 5.74) is 4.04. The molecule has 1 atom stereocenters. The van der Waals surface area contributed by atoms with Crippen molar-refractivity contribution in [2.45, 2.75) is 39.0 Å². The van der Waals surface area contributed by atoms with Crippen molar-refractivity contribution in [2.75, 3.05) is 7.11 Å². The van der Waals surface area contributed by atoms with Crippen molar-refractivity contribution in [3.63, 3.8) is 0 Å². The molecule has 0 spiro atoms. The van der Waals surface area contributed by atoms with Gasteiger partial charge in [0.25, 0.3) is 0 Å². The fraction of sp³-hybridized carbons (Fsp3) is 0.350. The smallest absolute Gasteiger partial charge is 0.311 e. The Bertz CT molecular complexity index is 672. The number of hydrogen-bond acceptors (Lipinski definition) is 2. The summed E-state index contributed by atoms with van der Waals surface area (Å²) in [5, 5.41) is 9.69. The van der Waals surface area contributed by atoms with Gasteiger partial charge in [-0.25, -0.2) is 0 Å². The van der Waals surface area contributed by atoms with Gasteiger partial charge in [0.2, 0.25) is 0 Å². The first-order valence-electron chi connectivity index (χ1n) is 7.88. The summed E-state index contributed by atoms with van der Waals surface area (Å²) < 4.78 is 5.36. The maximum atomic E-state index is 11.8. The van der Waals surface area contributed by atoms with Crippen LogP contribution in [0, 0.1) is 6.92 Å². The molecule has 0 aliphatic carbocycles. The lowest BCUT2D eigenvalue weighted by molar-refractivity contribution is -0.138. The van der Waals surface area contributed by atoms with E-state index < -0.39 is 11.9 Å². The van der Waals surface area contributed by atoms with Crippen LogP contribution < -0.4 is 4.74 Å². The minimum atomic E-state index is -0.832. The van der Waals surface area contributed by atoms with Gasteiger partial charge in [-0.15, -0.1) is 0 Å². The van der Waals surface area contributed by atoms with Gasteiger partial charge in [-0.3, -0.25) is 4.79 Å². The van der Waals surface area contributed by atoms with Crippen LogP contribution in [0.1, 0.15) is 47.9 Å². The van der Waals surface area contributed by atoms with Crippen LogP contribution in [-0.2, 0) is 11.2 Å². The molecule has 0 saturated carbocycles. The third kappa shape index (κ3) is 4.13. The number of carboxylic acid groups (broad SMARTS) is 1. The molecule has 2 rings (SSSR count). The van der Waals surface area contributed by atoms with E-state index in [4.69, 9.17) is 4.74 Å². The van der Waals surface area contributed by atoms with Gasteiger partial charge in [0, 0.05) is 5.56 Å². The van der Waals surface area contributed by atoms with Gasteiger partial charge in [-0.1, -0.05) is 55.8 Å². The second kappa shape index (κ2) is 7.32. The maximum Gasteiger partial charge on any atom is 0.311 e. The second-order valence-corrected chi connectivity index (χ2v) is 6.24. The number of benzene rings is 2. The first-order valence-corrected chi connectivity index (χ1v) is 7.88. The van der Waals surface area contributed by atoms with Gasteiger partial charge in [0.1, 0.15) is 5.75 Å². The van der Waals surface area contributed by atoms with Gasteiger partial charge in [-0.05, 0) is 36.5 Å². The van der Waals surface area contributed by atoms with E-state index in [1.54, 1.807) is 7.11 Å². The fourth-order valence-electron chi connectivity index (χ4n) is 2.73. The number of carboxylic acids is 1. The van der Waals surface area contributed by atoms with Crippen LogP contribution in [0.15, 0.2) is 42.5 Å². The van der Waals surface area contributed by atoms with Gasteiger partial charge in [0.05, 0.1) is 13.0 Å². The van der Waals surface area contributed by atoms with E-state index in [1.165, 1.54) is 5.56 Å². The molecule has 0 amide bonds. The molecule has 0 aliphatic heterocycles. The lowest BCUT2D eigenvalue weighted by Gasteiger charge is -2.17. The van der Waals surface area contributed by atoms with Crippen LogP contribution >= 0.6 is 0 Å². The van der Waals surface area contributed by atoms with Crippen LogP contribution in [0.25, 0.3) is 0 Å². The Balaban J connectivity index is 2.32. The van der Waals surface area contributed by atoms with Crippen molar-refractivity contribution in [3.05, 3.63) is 64.7 Å². The highest BCUT2D eigenvalue weighted by Gasteiger charge is 2.24. The highest BCUT2D eigenvalue weighted by molar-refractivity contribution is 5.77. The van der Waals surface area contributed by atoms with E-state index >= 15 is 0 Å². The van der Waals surface area contributed by atoms with Gasteiger partial charge < -0.3 is 9.84 Å². The summed E-state index contributed by atoms with van der Waals surface area (Å²) >= 11 is 0. The van der Waals surface area contributed by atoms with Gasteiger partial charge in [-0.2, -0.15) is 0 Å². The Labute approximate surface area is 137 Å². The van der Waals surface area contributed by atoms with Crippen molar-refractivity contribution < 1.29 is 14.6 Å². The molecule has 0 aromatic heterocycles. The molecular weight excluding hydrogens is 288 g/mol. The van der Waals surface area contributed by atoms with Crippen LogP contribution in [0.2, 0.25) is 0 Å². The van der Waals surface area contributed by atoms with Crippen LogP contribution in [0.4, 0.5) is 0 Å². The van der Waals surface area contributed by atoms with Crippen molar-refractivity contribution in [1.82, 2.24) is 0 Å². The second-order valence-electron chi connectivity index (χ2n) is 6.24. The summed E-state index contributed by atoms with van der Waals surface area (Å²) in [6, 6.07) is 13.9. The fourth-order valence-corrected chi connectivity index (χ4v) is 2.73. The number of ether oxygens (including phenoxy) is 1. The Morgan fingerprint density at radius 1 is 1.13 bits per heavy atom. The summed E-state index contributed by atoms with van der Waals surface area (Å²) in [6.45, 7) is 6.25. The maximum absolute atomic E-state index is 11.8. The Morgan fingerprint density at radius 2 is 1.78 bits per heavy atom. The number of aliphatic carboxylic acids is 1. The minimum Gasteiger partial charge on any atom is -0.496 e. The quantitative estimate of drug-likeness (QED) is 0.852. The van der Waals surface area contributed by atoms with Crippen molar-refractivity contribution >= 4 is 5.97 Å². The molecule has 3 heteroatoms. The van der Waals surface area contributed by atoms with Gasteiger partial charge >= 0.3 is 5.97 Å². The van der Waals surface area contributed by atoms with E-state index in [0.717, 1.165) is 16.7 Å². The largest absolute Gasteiger partial charge is 0.496 e. The molecule has 0 aliphatic rings. The Hall–Kier alpha value is -2.29. The topological polar surface area (TPSA) is 46.5 Å². The standard InChI is InChI=1S/C20H24O3/c1-13(2)16-8-6-15(7-9-16)12-18(20(21)22)17-11-14(3)5-10-19(17)23-4/h5-11,13,18H,12H2,1-4H3,(H,21,22). The number of carbonyl (C=O) groups is 1. The highest BCUT2D eigenvalue weighted by atomic mass is 16.5. The third-order valence-corrected chi connectivity index (χ3v) is 4.14. The predicted octanol–water partition coefficient (Wildman–Crippen LogP) is 4.54. The van der Waals surface area contributed by atoms with E-state index in [1.807, 2.05) is 37.3 Å². The van der Waals surface area contributed by atoms with Crippen molar-refractivity contribution in [2.24, 2.45) is 0 Å². The molecule has 0 fully saturated rings. The van der Waals surface area contributed by atoms with Crippen LogP contribution in [0.5, 0.6) is 5.75 Å². The summed E-state index contributed by atoms with van der Waals surface area (Å²) in [5.74, 6) is -0.352. The van der Waals surface area contributed by atoms with E-state index in [0.29, 0.717) is 18.1 Å². The van der Waals surface area contributed by atoms with Crippen molar-refractivity contribution in [3.8, 4) is 5.75 Å². The first-order chi connectivity index (χ1) is 10.9. The molecule has 2 aromatic carbocycles. The molecular formula is C20H24O3. The zero-order chi connectivity index (χ0) is 17.0. The molecule has 3 nitrogen and oxygen atoms in total. The summed E-state index contributed by atoms with van der Waals surface area (Å²) in [6.07, 6.45) is 0.452. The number of rotatable bonds is 6. The van der Waals surface area contributed by atoms with E-state index in [9.17, 15) is 9.90 Å². The zero-order valence-electron chi connectivity index (χ0n) is 14.2. The molecule has 1 unspecified atom stereocenters. The SMILES string of the molecule is COc1ccc(C)cc1C(Cc1ccc(C(C)C)cc1)C(=O)O. The van der Waals surface area contributed by atoms with E-state index in [-0.39, 0.29) is 0 Å². The molecule has 0 saturated heterocycles. The normalized spacial score (nSPS) is 12.2. The average molecular weight is 312 g/mol. The number of hydrogen-bond donors (Lipinski definition) is 1. The number of methoxy groups -OCH3 is 1. The lowest BCUT2D eigenvalue weighted by atomic mass is 9.89. The van der Waals surface area contributed by atoms with E-state index in [2.05, 4.69) is 26.0 Å². The Morgan fingerprint density at radius 3 is 2.30 bits per heavy atom. The lowest BCUT2D eigenvalue weighted by Crippen LogP contribution is -2.15. The molecule has 1 N–H and O–H groups in total. The average Bonchev–Trinajstić information content (AvgIpc) is 2.52. The minimum absolute atomic E-state index is 0.452. The van der Waals surface area contributed by atoms with Gasteiger partial charge in [0.15, 0.2) is 0 Å². The Kier molecular flexibility index (Phi) is 5.43. The first kappa shape index (κ1) is 17.1. The summed E-state index contributed by atoms with van der Waals surface area (Å²) in [7, 11) is 1.57. The molecule has 0 radical (unpaired) electrons. The zero-order valence-corrected chi connectivity index (χ0v) is 14.2. The molecule has 2 aromatic rings. The molecule has 0 bridgehead atoms. The monoisotopic (exact) mass is 312 g/mol. The van der Waals surface area contributed by atoms with Crippen LogP contribution in [-0.4, -0.2) is 18.2 Å². The van der Waals surface area contributed by atoms with Crippen LogP contribution in [0.3, 0.4) is 0 Å². The highest BCUT2D eigenvalue weighted by Crippen LogP contribution is 2.31. The third-order valence-electron chi connectivity index (χ3n) is 4.14. The van der Waals surface area contributed by atoms with Crippen molar-refractivity contribution in [1.29, 1.82) is 0 Å². The molecule has 23 heavy (non-hydrogen) atoms. The number of aryl methyl sites for hydroxylation is 1.